The van der Waals surface area contributed by atoms with Gasteiger partial charge >= 0.3 is 5.97 Å². The summed E-state index contributed by atoms with van der Waals surface area (Å²) >= 11 is 0. The zero-order chi connectivity index (χ0) is 18.8. The van der Waals surface area contributed by atoms with Crippen molar-refractivity contribution in [2.45, 2.75) is 5.92 Å². The molecular weight excluding hydrogens is 366 g/mol. The molecule has 0 bridgehead atoms. The van der Waals surface area contributed by atoms with E-state index in [1.807, 2.05) is 24.3 Å². The lowest BCUT2D eigenvalue weighted by atomic mass is 9.81. The van der Waals surface area contributed by atoms with E-state index in [9.17, 15) is 4.79 Å². The Bertz CT molecular complexity index is 1070. The number of ether oxygens (including phenoxy) is 6. The number of hydrogen-bond acceptors (Lipinski definition) is 8. The van der Waals surface area contributed by atoms with E-state index in [-0.39, 0.29) is 32.1 Å². The molecule has 0 spiro atoms. The number of cyclic esters (lactones) is 1. The van der Waals surface area contributed by atoms with Crippen LogP contribution in [0.15, 0.2) is 35.5 Å². The van der Waals surface area contributed by atoms with Crippen LogP contribution < -0.4 is 29.0 Å². The van der Waals surface area contributed by atoms with Gasteiger partial charge in [0.1, 0.15) is 6.61 Å². The summed E-state index contributed by atoms with van der Waals surface area (Å²) < 4.78 is 32.9. The number of rotatable bonds is 2. The molecule has 0 unspecified atom stereocenters. The van der Waals surface area contributed by atoms with Gasteiger partial charge in [0.05, 0.1) is 18.4 Å². The molecule has 4 aliphatic rings. The summed E-state index contributed by atoms with van der Waals surface area (Å²) in [6.45, 7) is 0.517. The van der Waals surface area contributed by atoms with Crippen LogP contribution in [-0.4, -0.2) is 33.3 Å². The summed E-state index contributed by atoms with van der Waals surface area (Å²) in [5, 5.41) is 3.31. The minimum absolute atomic E-state index is 0.132. The van der Waals surface area contributed by atoms with Crippen molar-refractivity contribution in [2.24, 2.45) is 0 Å². The summed E-state index contributed by atoms with van der Waals surface area (Å²) in [6.07, 6.45) is 0. The largest absolute Gasteiger partial charge is 0.493 e. The predicted molar refractivity (Wildman–Crippen MR) is 95.1 cm³/mol. The van der Waals surface area contributed by atoms with Gasteiger partial charge in [0.15, 0.2) is 23.0 Å². The zero-order valence-electron chi connectivity index (χ0n) is 14.9. The summed E-state index contributed by atoms with van der Waals surface area (Å²) in [6, 6.07) is 7.54. The summed E-state index contributed by atoms with van der Waals surface area (Å²) in [5.74, 6) is 2.32. The first-order chi connectivity index (χ1) is 13.7. The normalized spacial score (nSPS) is 20.5. The minimum Gasteiger partial charge on any atom is -0.493 e. The molecule has 2 aromatic carbocycles. The highest BCUT2D eigenvalue weighted by Crippen LogP contribution is 2.51. The van der Waals surface area contributed by atoms with E-state index < -0.39 is 0 Å². The number of fused-ring (bicyclic) bond motifs is 3. The fourth-order valence-electron chi connectivity index (χ4n) is 4.10. The van der Waals surface area contributed by atoms with Gasteiger partial charge in [0.25, 0.3) is 0 Å². The molecule has 0 fully saturated rings. The molecular formula is C20H15NO7. The second kappa shape index (κ2) is 5.48. The molecule has 0 saturated carbocycles. The van der Waals surface area contributed by atoms with Crippen LogP contribution in [0.1, 0.15) is 17.0 Å². The minimum atomic E-state index is -0.362. The van der Waals surface area contributed by atoms with Gasteiger partial charge in [-0.25, -0.2) is 4.79 Å². The first kappa shape index (κ1) is 15.5. The van der Waals surface area contributed by atoms with E-state index in [4.69, 9.17) is 28.4 Å². The first-order valence-electron chi connectivity index (χ1n) is 8.81. The van der Waals surface area contributed by atoms with Crippen LogP contribution in [0.5, 0.6) is 28.7 Å². The Morgan fingerprint density at radius 1 is 0.964 bits per heavy atom. The molecule has 0 amide bonds. The lowest BCUT2D eigenvalue weighted by molar-refractivity contribution is -0.136. The maximum absolute atomic E-state index is 12.6. The summed E-state index contributed by atoms with van der Waals surface area (Å²) in [4.78, 5) is 12.6. The highest BCUT2D eigenvalue weighted by Gasteiger charge is 2.40. The van der Waals surface area contributed by atoms with Gasteiger partial charge in [-0.2, -0.15) is 0 Å². The fraction of sp³-hybridized carbons (Fsp3) is 0.250. The monoisotopic (exact) mass is 381 g/mol. The van der Waals surface area contributed by atoms with Crippen molar-refractivity contribution in [3.8, 4) is 28.7 Å². The van der Waals surface area contributed by atoms with E-state index in [0.29, 0.717) is 34.3 Å². The first-order valence-corrected chi connectivity index (χ1v) is 8.81. The van der Waals surface area contributed by atoms with Crippen molar-refractivity contribution in [2.75, 3.05) is 32.6 Å². The van der Waals surface area contributed by atoms with Crippen LogP contribution in [0.2, 0.25) is 0 Å². The molecule has 8 heteroatoms. The van der Waals surface area contributed by atoms with Gasteiger partial charge in [-0.05, 0) is 29.3 Å². The summed E-state index contributed by atoms with van der Waals surface area (Å²) in [7, 11) is 1.57. The molecule has 0 saturated heterocycles. The lowest BCUT2D eigenvalue weighted by Crippen LogP contribution is -2.20. The molecule has 0 aliphatic carbocycles. The van der Waals surface area contributed by atoms with Gasteiger partial charge in [-0.3, -0.25) is 0 Å². The second-order valence-corrected chi connectivity index (χ2v) is 6.78. The third-order valence-electron chi connectivity index (χ3n) is 5.34. The van der Waals surface area contributed by atoms with E-state index >= 15 is 0 Å². The number of carbonyl (C=O) groups excluding carboxylic acids is 1. The molecule has 142 valence electrons. The lowest BCUT2D eigenvalue weighted by Gasteiger charge is -2.27. The Morgan fingerprint density at radius 2 is 1.75 bits per heavy atom. The van der Waals surface area contributed by atoms with Crippen LogP contribution in [0.4, 0.5) is 5.69 Å². The average molecular weight is 381 g/mol. The number of benzene rings is 2. The van der Waals surface area contributed by atoms with Gasteiger partial charge < -0.3 is 33.7 Å². The Hall–Kier alpha value is -3.55. The standard InChI is InChI=1S/C20H15NO7/c1-23-15-2-9(3-16-19(15)28-8-27-16)17-10-4-13-14(26-7-25-13)5-11(10)21-12-6-24-20(22)18(12)17/h2-5,17,21H,6-8H2,1H3/t17-/m0/s1. The van der Waals surface area contributed by atoms with Crippen molar-refractivity contribution in [1.82, 2.24) is 0 Å². The van der Waals surface area contributed by atoms with Crippen molar-refractivity contribution in [3.63, 3.8) is 0 Å². The number of methoxy groups -OCH3 is 1. The third-order valence-corrected chi connectivity index (χ3v) is 5.34. The van der Waals surface area contributed by atoms with Crippen molar-refractivity contribution < 1.29 is 33.2 Å². The van der Waals surface area contributed by atoms with E-state index in [0.717, 1.165) is 22.5 Å². The zero-order valence-corrected chi connectivity index (χ0v) is 14.9. The quantitative estimate of drug-likeness (QED) is 0.795. The topological polar surface area (TPSA) is 84.5 Å². The molecule has 4 aliphatic heterocycles. The highest BCUT2D eigenvalue weighted by atomic mass is 16.7. The maximum atomic E-state index is 12.6. The number of hydrogen-bond donors (Lipinski definition) is 1. The second-order valence-electron chi connectivity index (χ2n) is 6.78. The summed E-state index contributed by atoms with van der Waals surface area (Å²) in [5.41, 5.74) is 3.91. The van der Waals surface area contributed by atoms with Crippen LogP contribution in [0, 0.1) is 0 Å². The molecule has 8 nitrogen and oxygen atoms in total. The fourth-order valence-corrected chi connectivity index (χ4v) is 4.10. The molecule has 6 rings (SSSR count). The van der Waals surface area contributed by atoms with Crippen molar-refractivity contribution in [1.29, 1.82) is 0 Å². The third kappa shape index (κ3) is 2.02. The number of esters is 1. The number of anilines is 1. The molecule has 28 heavy (non-hydrogen) atoms. The Labute approximate surface area is 159 Å². The predicted octanol–water partition coefficient (Wildman–Crippen LogP) is 2.52. The van der Waals surface area contributed by atoms with Gasteiger partial charge in [-0.15, -0.1) is 0 Å². The van der Waals surface area contributed by atoms with Gasteiger partial charge in [-0.1, -0.05) is 0 Å². The number of nitrogens with one attached hydrogen (secondary N) is 1. The Balaban J connectivity index is 1.58. The molecule has 2 aromatic rings. The van der Waals surface area contributed by atoms with Crippen LogP contribution in [0.25, 0.3) is 0 Å². The highest BCUT2D eigenvalue weighted by molar-refractivity contribution is 5.97. The average Bonchev–Trinajstić information content (AvgIpc) is 3.43. The smallest absolute Gasteiger partial charge is 0.337 e. The molecule has 0 aromatic heterocycles. The maximum Gasteiger partial charge on any atom is 0.337 e. The Morgan fingerprint density at radius 3 is 2.61 bits per heavy atom. The van der Waals surface area contributed by atoms with Gasteiger partial charge in [0.2, 0.25) is 19.3 Å². The van der Waals surface area contributed by atoms with E-state index in [2.05, 4.69) is 5.32 Å². The molecule has 1 atom stereocenters. The Kier molecular flexibility index (Phi) is 3.03. The van der Waals surface area contributed by atoms with Crippen LogP contribution >= 0.6 is 0 Å². The molecule has 4 heterocycles. The van der Waals surface area contributed by atoms with Crippen molar-refractivity contribution >= 4 is 11.7 Å². The SMILES string of the molecule is COc1cc([C@@H]2C3=C(COC3=O)Nc3cc4c(cc32)OCO4)cc2c1OCO2. The molecule has 1 N–H and O–H groups in total. The van der Waals surface area contributed by atoms with E-state index in [1.165, 1.54) is 0 Å². The van der Waals surface area contributed by atoms with Crippen molar-refractivity contribution in [3.05, 3.63) is 46.7 Å². The number of carbonyl (C=O) groups is 1. The molecule has 0 radical (unpaired) electrons. The van der Waals surface area contributed by atoms with Crippen LogP contribution in [0.3, 0.4) is 0 Å². The van der Waals surface area contributed by atoms with E-state index in [1.54, 1.807) is 7.11 Å². The van der Waals surface area contributed by atoms with Gasteiger partial charge in [0, 0.05) is 17.7 Å². The van der Waals surface area contributed by atoms with Crippen LogP contribution in [-0.2, 0) is 9.53 Å².